The number of hydrogen-bond donors (Lipinski definition) is 2. The molecule has 0 aliphatic carbocycles. The van der Waals surface area contributed by atoms with E-state index < -0.39 is 41.2 Å². The van der Waals surface area contributed by atoms with Gasteiger partial charge < -0.3 is 20.7 Å². The predicted molar refractivity (Wildman–Crippen MR) is 115 cm³/mol. The maximum atomic E-state index is 15.4. The quantitative estimate of drug-likeness (QED) is 0.494. The maximum Gasteiger partial charge on any atom is 0.306 e. The third-order valence-electron chi connectivity index (χ3n) is 5.45. The lowest BCUT2D eigenvalue weighted by Gasteiger charge is -2.30. The van der Waals surface area contributed by atoms with Crippen molar-refractivity contribution in [1.82, 2.24) is 10.2 Å². The Morgan fingerprint density at radius 1 is 1.19 bits per heavy atom. The molecule has 1 aromatic rings. The van der Waals surface area contributed by atoms with Gasteiger partial charge in [-0.1, -0.05) is 0 Å². The van der Waals surface area contributed by atoms with Crippen molar-refractivity contribution in [3.05, 3.63) is 28.6 Å². The average molecular weight is 448 g/mol. The normalized spacial score (nSPS) is 17.4. The van der Waals surface area contributed by atoms with Gasteiger partial charge in [0.1, 0.15) is 11.6 Å². The van der Waals surface area contributed by atoms with Crippen LogP contribution in [0, 0.1) is 12.7 Å². The highest BCUT2D eigenvalue weighted by molar-refractivity contribution is 6.24. The molecule has 0 saturated carbocycles. The number of amides is 3. The van der Waals surface area contributed by atoms with E-state index in [1.165, 1.54) is 0 Å². The summed E-state index contributed by atoms with van der Waals surface area (Å²) in [6.07, 6.45) is -0.438. The molecule has 2 aliphatic heterocycles. The van der Waals surface area contributed by atoms with Gasteiger partial charge in [-0.05, 0) is 45.7 Å². The first-order valence-corrected chi connectivity index (χ1v) is 10.6. The Morgan fingerprint density at radius 2 is 1.78 bits per heavy atom. The first-order valence-electron chi connectivity index (χ1n) is 10.6. The fourth-order valence-electron chi connectivity index (χ4n) is 4.05. The van der Waals surface area contributed by atoms with Crippen LogP contribution < -0.4 is 16.0 Å². The summed E-state index contributed by atoms with van der Waals surface area (Å²) in [6.45, 7) is 9.17. The first kappa shape index (κ1) is 23.6. The smallest absolute Gasteiger partial charge is 0.306 e. The summed E-state index contributed by atoms with van der Waals surface area (Å²) in [4.78, 5) is 52.9. The lowest BCUT2D eigenvalue weighted by Crippen LogP contribution is -2.48. The number of imide groups is 1. The van der Waals surface area contributed by atoms with Crippen molar-refractivity contribution in [2.75, 3.05) is 31.1 Å². The zero-order valence-electron chi connectivity index (χ0n) is 18.8. The van der Waals surface area contributed by atoms with E-state index in [0.29, 0.717) is 36.6 Å². The van der Waals surface area contributed by atoms with Crippen LogP contribution in [0.2, 0.25) is 0 Å². The number of halogens is 1. The molecule has 3 amide bonds. The number of rotatable bonds is 6. The summed E-state index contributed by atoms with van der Waals surface area (Å²) in [5.74, 6) is -4.05. The van der Waals surface area contributed by atoms with E-state index in [4.69, 9.17) is 10.5 Å². The summed E-state index contributed by atoms with van der Waals surface area (Å²) in [5.41, 5.74) is 4.99. The Labute approximate surface area is 186 Å². The Kier molecular flexibility index (Phi) is 6.54. The summed E-state index contributed by atoms with van der Waals surface area (Å²) in [6, 6.07) is 0.157. The maximum absolute atomic E-state index is 15.4. The molecule has 2 heterocycles. The van der Waals surface area contributed by atoms with E-state index in [2.05, 4.69) is 5.32 Å². The van der Waals surface area contributed by atoms with Gasteiger partial charge in [-0.3, -0.25) is 24.1 Å². The zero-order valence-corrected chi connectivity index (χ0v) is 18.8. The van der Waals surface area contributed by atoms with E-state index in [1.54, 1.807) is 33.8 Å². The van der Waals surface area contributed by atoms with Gasteiger partial charge in [-0.15, -0.1) is 0 Å². The average Bonchev–Trinajstić information content (AvgIpc) is 2.96. The minimum Gasteiger partial charge on any atom is -0.460 e. The number of nitrogens with two attached hydrogens (primary N) is 1. The predicted octanol–water partition coefficient (Wildman–Crippen LogP) is 1.12. The SMILES string of the molecule is Cc1cc(N2CCNCC2)c(F)c2c1C(=O)N([C@@H](CCC(=O)OC(C)(C)C)C(N)=O)C2=O. The van der Waals surface area contributed by atoms with Gasteiger partial charge in [-0.25, -0.2) is 4.39 Å². The highest BCUT2D eigenvalue weighted by Crippen LogP contribution is 2.36. The number of primary amides is 1. The molecule has 0 spiro atoms. The second-order valence-corrected chi connectivity index (χ2v) is 9.04. The van der Waals surface area contributed by atoms with E-state index in [-0.39, 0.29) is 29.7 Å². The van der Waals surface area contributed by atoms with E-state index >= 15 is 4.39 Å². The topological polar surface area (TPSA) is 122 Å². The lowest BCUT2D eigenvalue weighted by molar-refractivity contribution is -0.155. The number of anilines is 1. The molecular weight excluding hydrogens is 419 g/mol. The number of esters is 1. The summed E-state index contributed by atoms with van der Waals surface area (Å²) in [5, 5.41) is 3.18. The number of fused-ring (bicyclic) bond motifs is 1. The van der Waals surface area contributed by atoms with E-state index in [1.807, 2.05) is 4.90 Å². The fourth-order valence-corrected chi connectivity index (χ4v) is 4.05. The molecule has 3 N–H and O–H groups in total. The molecule has 0 bridgehead atoms. The van der Waals surface area contributed by atoms with Crippen molar-refractivity contribution in [2.24, 2.45) is 5.73 Å². The first-order chi connectivity index (χ1) is 14.9. The standard InChI is InChI=1S/C22H29FN4O5/c1-12-11-14(26-9-7-25-8-10-26)18(23)17-16(12)20(30)27(21(17)31)13(19(24)29)5-6-15(28)32-22(2,3)4/h11,13,25H,5-10H2,1-4H3,(H2,24,29)/t13-/m0/s1. The molecule has 1 saturated heterocycles. The Hall–Kier alpha value is -3.01. The van der Waals surface area contributed by atoms with Crippen LogP contribution in [0.25, 0.3) is 0 Å². The number of benzene rings is 1. The van der Waals surface area contributed by atoms with Crippen LogP contribution >= 0.6 is 0 Å². The Balaban J connectivity index is 1.90. The molecule has 0 radical (unpaired) electrons. The van der Waals surface area contributed by atoms with Gasteiger partial charge in [0.15, 0.2) is 5.82 Å². The van der Waals surface area contributed by atoms with E-state index in [0.717, 1.165) is 0 Å². The Morgan fingerprint density at radius 3 is 2.34 bits per heavy atom. The second-order valence-electron chi connectivity index (χ2n) is 9.04. The third-order valence-corrected chi connectivity index (χ3v) is 5.45. The molecule has 1 atom stereocenters. The number of piperazine rings is 1. The highest BCUT2D eigenvalue weighted by Gasteiger charge is 2.46. The number of carbonyl (C=O) groups excluding carboxylic acids is 4. The van der Waals surface area contributed by atoms with Crippen molar-refractivity contribution >= 4 is 29.4 Å². The van der Waals surface area contributed by atoms with Crippen LogP contribution in [-0.4, -0.2) is 66.4 Å². The minimum absolute atomic E-state index is 0.0742. The van der Waals surface area contributed by atoms with Crippen molar-refractivity contribution in [3.63, 3.8) is 0 Å². The number of aryl methyl sites for hydroxylation is 1. The van der Waals surface area contributed by atoms with Crippen molar-refractivity contribution in [2.45, 2.75) is 52.2 Å². The second kappa shape index (κ2) is 8.85. The molecule has 32 heavy (non-hydrogen) atoms. The Bertz CT molecular complexity index is 966. The van der Waals surface area contributed by atoms with Gasteiger partial charge >= 0.3 is 5.97 Å². The molecule has 0 unspecified atom stereocenters. The molecule has 9 nitrogen and oxygen atoms in total. The van der Waals surface area contributed by atoms with Gasteiger partial charge in [-0.2, -0.15) is 0 Å². The molecule has 174 valence electrons. The molecule has 3 rings (SSSR count). The third kappa shape index (κ3) is 4.59. The molecule has 0 aromatic heterocycles. The largest absolute Gasteiger partial charge is 0.460 e. The molecule has 10 heteroatoms. The summed E-state index contributed by atoms with van der Waals surface area (Å²) < 4.78 is 20.7. The number of hydrogen-bond acceptors (Lipinski definition) is 7. The summed E-state index contributed by atoms with van der Waals surface area (Å²) >= 11 is 0. The molecule has 2 aliphatic rings. The van der Waals surface area contributed by atoms with Crippen LogP contribution in [0.1, 0.15) is 59.9 Å². The zero-order chi connectivity index (χ0) is 23.8. The lowest BCUT2D eigenvalue weighted by atomic mass is 10.0. The minimum atomic E-state index is -1.39. The monoisotopic (exact) mass is 448 g/mol. The number of nitrogens with zero attached hydrogens (tertiary/aromatic N) is 2. The number of carbonyl (C=O) groups is 4. The molecule has 1 aromatic carbocycles. The number of ether oxygens (including phenoxy) is 1. The van der Waals surface area contributed by atoms with E-state index in [9.17, 15) is 19.2 Å². The van der Waals surface area contributed by atoms with Crippen LogP contribution in [0.3, 0.4) is 0 Å². The van der Waals surface area contributed by atoms with Crippen molar-refractivity contribution in [1.29, 1.82) is 0 Å². The fraction of sp³-hybridized carbons (Fsp3) is 0.545. The van der Waals surface area contributed by atoms with Gasteiger partial charge in [0.25, 0.3) is 11.8 Å². The van der Waals surface area contributed by atoms with Gasteiger partial charge in [0, 0.05) is 32.6 Å². The number of nitrogens with one attached hydrogen (secondary N) is 1. The van der Waals surface area contributed by atoms with Gasteiger partial charge in [0.2, 0.25) is 5.91 Å². The van der Waals surface area contributed by atoms with Gasteiger partial charge in [0.05, 0.1) is 16.8 Å². The molecule has 1 fully saturated rings. The van der Waals surface area contributed by atoms with Crippen molar-refractivity contribution < 1.29 is 28.3 Å². The highest BCUT2D eigenvalue weighted by atomic mass is 19.1. The molecular formula is C22H29FN4O5. The van der Waals surface area contributed by atoms with Crippen molar-refractivity contribution in [3.8, 4) is 0 Å². The van der Waals surface area contributed by atoms with Crippen LogP contribution in [0.15, 0.2) is 6.07 Å². The van der Waals surface area contributed by atoms with Crippen LogP contribution in [-0.2, 0) is 14.3 Å². The summed E-state index contributed by atoms with van der Waals surface area (Å²) in [7, 11) is 0. The van der Waals surface area contributed by atoms with Crippen LogP contribution in [0.4, 0.5) is 10.1 Å². The van der Waals surface area contributed by atoms with Crippen LogP contribution in [0.5, 0.6) is 0 Å².